The fourth-order valence-corrected chi connectivity index (χ4v) is 6.01. The Morgan fingerprint density at radius 3 is 2.43 bits per heavy atom. The molecule has 2 aliphatic carbocycles. The Morgan fingerprint density at radius 2 is 1.89 bits per heavy atom. The molecule has 28 heavy (non-hydrogen) atoms. The molecule has 1 aromatic rings. The maximum Gasteiger partial charge on any atom is 1.00 e. The van der Waals surface area contributed by atoms with Crippen molar-refractivity contribution in [2.45, 2.75) is 69.1 Å². The second-order valence-electron chi connectivity index (χ2n) is 8.24. The molecule has 144 valence electrons. The van der Waals surface area contributed by atoms with Crippen LogP contribution in [0, 0.1) is 11.8 Å². The average Bonchev–Trinajstić information content (AvgIpc) is 2.58. The van der Waals surface area contributed by atoms with Crippen LogP contribution in [-0.4, -0.2) is 26.0 Å². The number of fused-ring (bicyclic) bond motifs is 3. The Balaban J connectivity index is 0.00000196. The molecular weight excluding hydrogens is 398 g/mol. The summed E-state index contributed by atoms with van der Waals surface area (Å²) in [6.07, 6.45) is 4.25. The summed E-state index contributed by atoms with van der Waals surface area (Å²) in [6, 6.07) is 3.52. The van der Waals surface area contributed by atoms with Crippen molar-refractivity contribution in [3.8, 4) is 0 Å². The first-order valence-corrected chi connectivity index (χ1v) is 10.7. The first-order chi connectivity index (χ1) is 12.1. The predicted molar refractivity (Wildman–Crippen MR) is 97.0 cm³/mol. The molecule has 0 N–H and O–H groups in total. The van der Waals surface area contributed by atoms with Crippen LogP contribution in [0.2, 0.25) is 0 Å². The number of carbonyl (C=O) groups is 1. The molecule has 1 fully saturated rings. The predicted octanol–water partition coefficient (Wildman–Crippen LogP) is -2.48. The Morgan fingerprint density at radius 1 is 1.25 bits per heavy atom. The van der Waals surface area contributed by atoms with Gasteiger partial charge in [0.25, 0.3) is 0 Å². The zero-order chi connectivity index (χ0) is 19.3. The molecule has 0 radical (unpaired) electrons. The SMILES string of the molecule is COC(=O)[C@@H]1CCC[C@@]2(C)c3cc(S(=O)(=O)[O-])c(C(C)C)cc3CC[C@H]12.[Na+].[Na+]. The molecule has 0 saturated heterocycles. The average molecular weight is 425 g/mol. The van der Waals surface area contributed by atoms with E-state index in [2.05, 4.69) is 6.92 Å². The fraction of sp³-hybridized carbons (Fsp3) is 0.650. The molecular formula is C20H27Na2O5S+. The van der Waals surface area contributed by atoms with Gasteiger partial charge in [-0.1, -0.05) is 33.3 Å². The summed E-state index contributed by atoms with van der Waals surface area (Å²) < 4.78 is 40.7. The molecule has 2 aliphatic rings. The van der Waals surface area contributed by atoms with E-state index in [1.54, 1.807) is 6.07 Å². The smallest absolute Gasteiger partial charge is 0.744 e. The molecule has 0 unspecified atom stereocenters. The van der Waals surface area contributed by atoms with E-state index in [0.29, 0.717) is 5.56 Å². The molecule has 5 nitrogen and oxygen atoms in total. The van der Waals surface area contributed by atoms with Crippen LogP contribution in [0.15, 0.2) is 17.0 Å². The van der Waals surface area contributed by atoms with Gasteiger partial charge in [0.05, 0.1) is 17.9 Å². The van der Waals surface area contributed by atoms with Crippen LogP contribution in [0.1, 0.15) is 69.1 Å². The van der Waals surface area contributed by atoms with Crippen molar-refractivity contribution < 1.29 is 81.6 Å². The largest absolute Gasteiger partial charge is 1.00 e. The number of benzene rings is 1. The van der Waals surface area contributed by atoms with E-state index in [9.17, 15) is 17.8 Å². The van der Waals surface area contributed by atoms with Gasteiger partial charge in [-0.25, -0.2) is 8.42 Å². The number of esters is 1. The summed E-state index contributed by atoms with van der Waals surface area (Å²) in [4.78, 5) is 12.2. The number of ether oxygens (including phenoxy) is 1. The summed E-state index contributed by atoms with van der Waals surface area (Å²) in [6.45, 7) is 5.91. The third-order valence-electron chi connectivity index (χ3n) is 6.49. The van der Waals surface area contributed by atoms with Gasteiger partial charge in [0.15, 0.2) is 0 Å². The molecule has 0 amide bonds. The van der Waals surface area contributed by atoms with Crippen molar-refractivity contribution in [2.75, 3.05) is 7.11 Å². The molecule has 1 aromatic carbocycles. The van der Waals surface area contributed by atoms with Crippen molar-refractivity contribution in [1.29, 1.82) is 0 Å². The third kappa shape index (κ3) is 4.75. The van der Waals surface area contributed by atoms with E-state index in [1.165, 1.54) is 7.11 Å². The van der Waals surface area contributed by atoms with Gasteiger partial charge in [-0.15, -0.1) is 0 Å². The molecule has 3 rings (SSSR count). The molecule has 0 aliphatic heterocycles. The van der Waals surface area contributed by atoms with Gasteiger partial charge in [0, 0.05) is 0 Å². The molecule has 0 heterocycles. The first-order valence-electron chi connectivity index (χ1n) is 9.30. The van der Waals surface area contributed by atoms with E-state index in [0.717, 1.165) is 43.2 Å². The van der Waals surface area contributed by atoms with Crippen molar-refractivity contribution in [1.82, 2.24) is 0 Å². The van der Waals surface area contributed by atoms with Crippen LogP contribution in [0.4, 0.5) is 0 Å². The molecule has 0 aromatic heterocycles. The van der Waals surface area contributed by atoms with Crippen molar-refractivity contribution in [3.63, 3.8) is 0 Å². The van der Waals surface area contributed by atoms with Crippen LogP contribution < -0.4 is 59.1 Å². The number of hydrogen-bond donors (Lipinski definition) is 0. The zero-order valence-corrected chi connectivity index (χ0v) is 22.7. The van der Waals surface area contributed by atoms with Gasteiger partial charge in [0.2, 0.25) is 0 Å². The summed E-state index contributed by atoms with van der Waals surface area (Å²) in [5.74, 6) is -0.272. The normalized spacial score (nSPS) is 26.4. The Labute approximate surface area is 212 Å². The summed E-state index contributed by atoms with van der Waals surface area (Å²) >= 11 is 0. The first kappa shape index (κ1) is 26.6. The van der Waals surface area contributed by atoms with Gasteiger partial charge in [-0.2, -0.15) is 0 Å². The molecule has 0 bridgehead atoms. The Bertz CT molecular complexity index is 837. The summed E-state index contributed by atoms with van der Waals surface area (Å²) in [7, 11) is -3.13. The monoisotopic (exact) mass is 425 g/mol. The molecule has 0 spiro atoms. The van der Waals surface area contributed by atoms with E-state index >= 15 is 0 Å². The maximum atomic E-state index is 12.3. The summed E-state index contributed by atoms with van der Waals surface area (Å²) in [5.41, 5.74) is 2.34. The van der Waals surface area contributed by atoms with Crippen molar-refractivity contribution >= 4 is 16.1 Å². The second-order valence-corrected chi connectivity index (χ2v) is 9.59. The molecule has 8 heteroatoms. The van der Waals surface area contributed by atoms with Gasteiger partial charge in [0.1, 0.15) is 10.1 Å². The number of carbonyl (C=O) groups excluding carboxylic acids is 1. The van der Waals surface area contributed by atoms with Gasteiger partial charge < -0.3 is 9.29 Å². The Kier molecular flexibility index (Phi) is 9.34. The zero-order valence-electron chi connectivity index (χ0n) is 17.9. The molecule has 1 saturated carbocycles. The minimum atomic E-state index is -4.55. The van der Waals surface area contributed by atoms with Crippen molar-refractivity contribution in [3.05, 3.63) is 28.8 Å². The van der Waals surface area contributed by atoms with E-state index in [4.69, 9.17) is 4.74 Å². The van der Waals surface area contributed by atoms with Crippen molar-refractivity contribution in [2.24, 2.45) is 11.8 Å². The fourth-order valence-electron chi connectivity index (χ4n) is 5.17. The van der Waals surface area contributed by atoms with E-state index in [1.807, 2.05) is 19.9 Å². The Hall–Kier alpha value is 0.600. The van der Waals surface area contributed by atoms with Gasteiger partial charge in [-0.3, -0.25) is 4.79 Å². The van der Waals surface area contributed by atoms with Crippen LogP contribution in [0.25, 0.3) is 0 Å². The van der Waals surface area contributed by atoms with E-state index < -0.39 is 10.1 Å². The number of methoxy groups -OCH3 is 1. The van der Waals surface area contributed by atoms with Gasteiger partial charge >= 0.3 is 65.1 Å². The number of aryl methyl sites for hydroxylation is 1. The maximum absolute atomic E-state index is 12.3. The second kappa shape index (κ2) is 9.82. The van der Waals surface area contributed by atoms with Gasteiger partial charge in [-0.05, 0) is 65.7 Å². The van der Waals surface area contributed by atoms with Crippen LogP contribution in [-0.2, 0) is 31.5 Å². The standard InChI is InChI=1S/C20H28O5S.2Na/c1-12(2)15-10-13-7-8-16-14(19(21)25-4)6-5-9-20(16,3)17(13)11-18(15)26(22,23)24;;/h10-12,14,16H,5-9H2,1-4H3,(H,22,23,24);;/q;2*+1/p-1/t14-,16-,20-;;/m1../s1. The minimum absolute atomic E-state index is 0. The third-order valence-corrected chi connectivity index (χ3v) is 7.38. The summed E-state index contributed by atoms with van der Waals surface area (Å²) in [5, 5.41) is 0. The topological polar surface area (TPSA) is 83.5 Å². The van der Waals surface area contributed by atoms with Crippen LogP contribution in [0.3, 0.4) is 0 Å². The molecule has 3 atom stereocenters. The van der Waals surface area contributed by atoms with E-state index in [-0.39, 0.29) is 93.1 Å². The minimum Gasteiger partial charge on any atom is -0.744 e. The number of hydrogen-bond acceptors (Lipinski definition) is 5. The van der Waals surface area contributed by atoms with Crippen LogP contribution in [0.5, 0.6) is 0 Å². The number of rotatable bonds is 3. The quantitative estimate of drug-likeness (QED) is 0.304. The van der Waals surface area contributed by atoms with Crippen LogP contribution >= 0.6 is 0 Å².